The van der Waals surface area contributed by atoms with Crippen LogP contribution in [0.2, 0.25) is 0 Å². The Labute approximate surface area is 116 Å². The van der Waals surface area contributed by atoms with Gasteiger partial charge in [-0.2, -0.15) is 5.10 Å². The Hall–Kier alpha value is -1.34. The Kier molecular flexibility index (Phi) is 2.87. The van der Waals surface area contributed by atoms with Gasteiger partial charge in [0.1, 0.15) is 9.63 Å². The van der Waals surface area contributed by atoms with Gasteiger partial charge in [0.05, 0.1) is 18.1 Å². The van der Waals surface area contributed by atoms with Gasteiger partial charge in [-0.25, -0.2) is 9.97 Å². The first kappa shape index (κ1) is 11.7. The zero-order valence-electron chi connectivity index (χ0n) is 9.83. The molecule has 0 radical (unpaired) electrons. The number of aryl methyl sites for hydroxylation is 1. The summed E-state index contributed by atoms with van der Waals surface area (Å²) in [4.78, 5) is 8.85. The third kappa shape index (κ3) is 1.83. The van der Waals surface area contributed by atoms with Crippen molar-refractivity contribution >= 4 is 33.3 Å². The molecule has 0 unspecified atom stereocenters. The normalized spacial score (nSPS) is 11.3. The lowest BCUT2D eigenvalue weighted by molar-refractivity contribution is 0.768. The van der Waals surface area contributed by atoms with Crippen molar-refractivity contribution in [3.8, 4) is 11.3 Å². The highest BCUT2D eigenvalue weighted by atomic mass is 79.9. The average molecular weight is 324 g/mol. The second-order valence-electron chi connectivity index (χ2n) is 3.81. The molecule has 3 heterocycles. The second-order valence-corrected chi connectivity index (χ2v) is 5.42. The highest BCUT2D eigenvalue weighted by Crippen LogP contribution is 2.26. The third-order valence-electron chi connectivity index (χ3n) is 2.63. The Balaban J connectivity index is 2.28. The van der Waals surface area contributed by atoms with Crippen LogP contribution in [0.3, 0.4) is 0 Å². The van der Waals surface area contributed by atoms with E-state index in [0.29, 0.717) is 0 Å². The molecule has 0 spiro atoms. The van der Waals surface area contributed by atoms with Crippen LogP contribution >= 0.6 is 27.7 Å². The Morgan fingerprint density at radius 2 is 2.11 bits per heavy atom. The number of fused-ring (bicyclic) bond motifs is 1. The summed E-state index contributed by atoms with van der Waals surface area (Å²) < 4.78 is 4.60. The number of rotatable bonds is 2. The maximum atomic E-state index is 4.44. The van der Waals surface area contributed by atoms with Crippen LogP contribution in [0.1, 0.15) is 0 Å². The van der Waals surface area contributed by atoms with Crippen LogP contribution in [0.15, 0.2) is 34.4 Å². The zero-order chi connectivity index (χ0) is 12.7. The molecule has 18 heavy (non-hydrogen) atoms. The van der Waals surface area contributed by atoms with E-state index in [9.17, 15) is 0 Å². The van der Waals surface area contributed by atoms with E-state index in [1.807, 2.05) is 42.5 Å². The lowest BCUT2D eigenvalue weighted by Crippen LogP contribution is -1.93. The van der Waals surface area contributed by atoms with Gasteiger partial charge in [0.25, 0.3) is 0 Å². The van der Waals surface area contributed by atoms with Crippen LogP contribution < -0.4 is 0 Å². The molecule has 0 bridgehead atoms. The monoisotopic (exact) mass is 323 g/mol. The summed E-state index contributed by atoms with van der Waals surface area (Å²) in [6, 6.07) is 0. The molecule has 3 aromatic rings. The maximum absolute atomic E-state index is 4.44. The van der Waals surface area contributed by atoms with E-state index < -0.39 is 0 Å². The van der Waals surface area contributed by atoms with Crippen LogP contribution in [0.5, 0.6) is 0 Å². The molecule has 7 heteroatoms. The summed E-state index contributed by atoms with van der Waals surface area (Å²) in [5.74, 6) is 0. The van der Waals surface area contributed by atoms with Crippen molar-refractivity contribution in [2.45, 2.75) is 5.03 Å². The lowest BCUT2D eigenvalue weighted by atomic mass is 10.3. The van der Waals surface area contributed by atoms with Crippen molar-refractivity contribution in [1.82, 2.24) is 24.1 Å². The van der Waals surface area contributed by atoms with E-state index in [2.05, 4.69) is 31.0 Å². The molecule has 0 saturated heterocycles. The minimum Gasteiger partial charge on any atom is -0.295 e. The fraction of sp³-hybridized carbons (Fsp3) is 0.182. The summed E-state index contributed by atoms with van der Waals surface area (Å²) in [5.41, 5.74) is 2.91. The molecule has 0 fully saturated rings. The molecule has 0 aliphatic rings. The predicted octanol–water partition coefficient (Wildman–Crippen LogP) is 2.61. The van der Waals surface area contributed by atoms with E-state index in [0.717, 1.165) is 26.5 Å². The van der Waals surface area contributed by atoms with E-state index in [1.54, 1.807) is 16.4 Å². The van der Waals surface area contributed by atoms with Crippen molar-refractivity contribution < 1.29 is 0 Å². The first-order valence-electron chi connectivity index (χ1n) is 5.25. The van der Waals surface area contributed by atoms with Gasteiger partial charge in [-0.1, -0.05) is 0 Å². The highest BCUT2D eigenvalue weighted by Gasteiger charge is 2.12. The van der Waals surface area contributed by atoms with Gasteiger partial charge >= 0.3 is 0 Å². The number of nitrogens with zero attached hydrogens (tertiary/aromatic N) is 5. The minimum absolute atomic E-state index is 0.794. The number of thioether (sulfide) groups is 1. The molecule has 0 N–H and O–H groups in total. The van der Waals surface area contributed by atoms with E-state index >= 15 is 0 Å². The molecule has 0 amide bonds. The minimum atomic E-state index is 0.794. The molecule has 92 valence electrons. The molecule has 5 nitrogen and oxygen atoms in total. The Morgan fingerprint density at radius 3 is 2.78 bits per heavy atom. The van der Waals surface area contributed by atoms with Crippen molar-refractivity contribution in [3.63, 3.8) is 0 Å². The Bertz CT molecular complexity index is 717. The van der Waals surface area contributed by atoms with Gasteiger partial charge in [-0.05, 0) is 22.2 Å². The van der Waals surface area contributed by atoms with Crippen LogP contribution in [-0.4, -0.2) is 30.4 Å². The van der Waals surface area contributed by atoms with E-state index in [-0.39, 0.29) is 0 Å². The van der Waals surface area contributed by atoms with Crippen LogP contribution in [0, 0.1) is 0 Å². The summed E-state index contributed by atoms with van der Waals surface area (Å²) in [6.07, 6.45) is 9.56. The SMILES string of the molecule is CSc1nc(Br)cn2c(-c3cnn(C)c3)cnc12. The number of halogens is 1. The van der Waals surface area contributed by atoms with Gasteiger partial charge < -0.3 is 0 Å². The molecule has 0 aromatic carbocycles. The number of hydrogen-bond donors (Lipinski definition) is 0. The topological polar surface area (TPSA) is 48.0 Å². The number of aromatic nitrogens is 5. The molecule has 3 aromatic heterocycles. The molecule has 3 rings (SSSR count). The van der Waals surface area contributed by atoms with Gasteiger partial charge in [-0.15, -0.1) is 11.8 Å². The van der Waals surface area contributed by atoms with E-state index in [1.165, 1.54) is 0 Å². The van der Waals surface area contributed by atoms with Crippen LogP contribution in [-0.2, 0) is 7.05 Å². The molecular formula is C11H10BrN5S. The molecule has 0 atom stereocenters. The second kappa shape index (κ2) is 4.40. The molecule has 0 aliphatic carbocycles. The molecule has 0 aliphatic heterocycles. The van der Waals surface area contributed by atoms with Gasteiger partial charge in [0.15, 0.2) is 5.65 Å². The molecule has 0 saturated carbocycles. The third-order valence-corrected chi connectivity index (χ3v) is 3.67. The smallest absolute Gasteiger partial charge is 0.170 e. The van der Waals surface area contributed by atoms with Crippen molar-refractivity contribution in [1.29, 1.82) is 0 Å². The molecular weight excluding hydrogens is 314 g/mol. The standard InChI is InChI=1S/C11H10BrN5S/c1-16-5-7(3-14-16)8-4-13-10-11(18-2)15-9(12)6-17(8)10/h3-6H,1-2H3. The Morgan fingerprint density at radius 1 is 1.28 bits per heavy atom. The predicted molar refractivity (Wildman–Crippen MR) is 74.7 cm³/mol. The average Bonchev–Trinajstić information content (AvgIpc) is 2.93. The van der Waals surface area contributed by atoms with Gasteiger partial charge in [-0.3, -0.25) is 9.08 Å². The zero-order valence-corrected chi connectivity index (χ0v) is 12.2. The van der Waals surface area contributed by atoms with Crippen molar-refractivity contribution in [3.05, 3.63) is 29.4 Å². The quantitative estimate of drug-likeness (QED) is 0.680. The number of hydrogen-bond acceptors (Lipinski definition) is 4. The first-order chi connectivity index (χ1) is 8.69. The van der Waals surface area contributed by atoms with Gasteiger partial charge in [0.2, 0.25) is 0 Å². The number of imidazole rings is 1. The van der Waals surface area contributed by atoms with Crippen LogP contribution in [0.4, 0.5) is 0 Å². The summed E-state index contributed by atoms with van der Waals surface area (Å²) >= 11 is 5.01. The van der Waals surface area contributed by atoms with Crippen molar-refractivity contribution in [2.75, 3.05) is 6.26 Å². The maximum Gasteiger partial charge on any atom is 0.170 e. The summed E-state index contributed by atoms with van der Waals surface area (Å²) in [7, 11) is 1.90. The highest BCUT2D eigenvalue weighted by molar-refractivity contribution is 9.10. The fourth-order valence-corrected chi connectivity index (χ4v) is 2.86. The van der Waals surface area contributed by atoms with E-state index in [4.69, 9.17) is 0 Å². The fourth-order valence-electron chi connectivity index (χ4n) is 1.84. The largest absolute Gasteiger partial charge is 0.295 e. The summed E-state index contributed by atoms with van der Waals surface area (Å²) in [6.45, 7) is 0. The van der Waals surface area contributed by atoms with Crippen molar-refractivity contribution in [2.24, 2.45) is 7.05 Å². The first-order valence-corrected chi connectivity index (χ1v) is 7.27. The lowest BCUT2D eigenvalue weighted by Gasteiger charge is -2.03. The van der Waals surface area contributed by atoms with Gasteiger partial charge in [0, 0.05) is 25.0 Å². The van der Waals surface area contributed by atoms with Crippen LogP contribution in [0.25, 0.3) is 16.9 Å². The summed E-state index contributed by atoms with van der Waals surface area (Å²) in [5, 5.41) is 5.09.